The lowest BCUT2D eigenvalue weighted by Crippen LogP contribution is -2.29. The summed E-state index contributed by atoms with van der Waals surface area (Å²) in [5.74, 6) is 0. The van der Waals surface area contributed by atoms with Crippen molar-refractivity contribution in [3.05, 3.63) is 0 Å². The first kappa shape index (κ1) is 12.9. The molecule has 8 heteroatoms. The molecular weight excluding hydrogens is 236 g/mol. The van der Waals surface area contributed by atoms with E-state index in [4.69, 9.17) is 10.7 Å². The maximum Gasteiger partial charge on any atom is 0.478 e. The van der Waals surface area contributed by atoms with Crippen LogP contribution in [0.3, 0.4) is 0 Å². The van der Waals surface area contributed by atoms with E-state index in [1.165, 1.54) is 18.8 Å². The summed E-state index contributed by atoms with van der Waals surface area (Å²) in [5, 5.41) is 4.03. The highest BCUT2D eigenvalue weighted by atomic mass is 35.7. The van der Waals surface area contributed by atoms with E-state index in [-0.39, 0.29) is 0 Å². The summed E-state index contributed by atoms with van der Waals surface area (Å²) >= 11 is 1.33. The SMILES string of the molecule is CSC(C)=NOC(=O)N(C)[S+]([O-])Cl. The van der Waals surface area contributed by atoms with E-state index in [1.54, 1.807) is 13.2 Å². The quantitative estimate of drug-likeness (QED) is 0.243. The summed E-state index contributed by atoms with van der Waals surface area (Å²) in [6.07, 6.45) is 0.928. The van der Waals surface area contributed by atoms with E-state index in [2.05, 4.69) is 9.99 Å². The minimum absolute atomic E-state index is 0.585. The molecule has 0 radical (unpaired) electrons. The smallest absolute Gasteiger partial charge is 0.478 e. The van der Waals surface area contributed by atoms with Gasteiger partial charge in [0.1, 0.15) is 5.04 Å². The van der Waals surface area contributed by atoms with Gasteiger partial charge in [-0.25, -0.2) is 4.79 Å². The third kappa shape index (κ3) is 5.25. The van der Waals surface area contributed by atoms with Crippen LogP contribution in [-0.2, 0) is 15.4 Å². The predicted octanol–water partition coefficient (Wildman–Crippen LogP) is 1.57. The third-order valence-corrected chi connectivity index (χ3v) is 2.89. The van der Waals surface area contributed by atoms with Crippen molar-refractivity contribution in [2.45, 2.75) is 6.92 Å². The molecule has 13 heavy (non-hydrogen) atoms. The molecule has 0 aromatic heterocycles. The molecule has 0 spiro atoms. The fourth-order valence-corrected chi connectivity index (χ4v) is 0.688. The van der Waals surface area contributed by atoms with Gasteiger partial charge in [-0.1, -0.05) is 5.16 Å². The molecule has 0 aliphatic carbocycles. The number of nitrogens with zero attached hydrogens (tertiary/aromatic N) is 2. The summed E-state index contributed by atoms with van der Waals surface area (Å²) < 4.78 is 11.3. The molecule has 1 amide bonds. The van der Waals surface area contributed by atoms with Gasteiger partial charge in [-0.15, -0.1) is 16.1 Å². The van der Waals surface area contributed by atoms with Crippen molar-refractivity contribution < 1.29 is 14.2 Å². The van der Waals surface area contributed by atoms with Gasteiger partial charge in [-0.05, 0) is 13.2 Å². The minimum Gasteiger partial charge on any atom is -0.575 e. The van der Waals surface area contributed by atoms with E-state index in [1.807, 2.05) is 0 Å². The Bertz CT molecular complexity index is 212. The number of halogens is 1. The van der Waals surface area contributed by atoms with Gasteiger partial charge in [0.25, 0.3) is 0 Å². The largest absolute Gasteiger partial charge is 0.575 e. The van der Waals surface area contributed by atoms with Gasteiger partial charge in [0.2, 0.25) is 10.7 Å². The molecular formula is C5H9ClN2O3S2. The van der Waals surface area contributed by atoms with Gasteiger partial charge in [-0.2, -0.15) is 0 Å². The highest BCUT2D eigenvalue weighted by molar-refractivity contribution is 8.13. The Morgan fingerprint density at radius 3 is 2.69 bits per heavy atom. The lowest BCUT2D eigenvalue weighted by molar-refractivity contribution is 0.135. The molecule has 0 bridgehead atoms. The number of carbonyl (C=O) groups is 1. The highest BCUT2D eigenvalue weighted by Crippen LogP contribution is 2.06. The van der Waals surface area contributed by atoms with Crippen LogP contribution >= 0.6 is 22.4 Å². The van der Waals surface area contributed by atoms with Crippen LogP contribution in [0.2, 0.25) is 0 Å². The van der Waals surface area contributed by atoms with Crippen molar-refractivity contribution in [1.29, 1.82) is 0 Å². The lowest BCUT2D eigenvalue weighted by atomic mass is 10.9. The minimum atomic E-state index is -1.90. The Balaban J connectivity index is 4.01. The number of oxime groups is 1. The van der Waals surface area contributed by atoms with Gasteiger partial charge in [0.15, 0.2) is 10.6 Å². The summed E-state index contributed by atoms with van der Waals surface area (Å²) in [4.78, 5) is 15.3. The molecule has 0 aromatic rings. The first-order valence-electron chi connectivity index (χ1n) is 3.10. The van der Waals surface area contributed by atoms with Crippen molar-refractivity contribution in [2.75, 3.05) is 13.3 Å². The fourth-order valence-electron chi connectivity index (χ4n) is 0.257. The molecule has 0 aliphatic heterocycles. The number of rotatable bonds is 2. The molecule has 0 heterocycles. The van der Waals surface area contributed by atoms with Gasteiger partial charge in [0.05, 0.1) is 7.05 Å². The van der Waals surface area contributed by atoms with Crippen LogP contribution in [0.15, 0.2) is 5.16 Å². The maximum absolute atomic E-state index is 10.9. The van der Waals surface area contributed by atoms with Gasteiger partial charge >= 0.3 is 6.09 Å². The lowest BCUT2D eigenvalue weighted by Gasteiger charge is -2.09. The number of amides is 1. The Kier molecular flexibility index (Phi) is 6.31. The maximum atomic E-state index is 10.9. The second kappa shape index (κ2) is 6.36. The summed E-state index contributed by atoms with van der Waals surface area (Å²) in [6, 6.07) is 0. The van der Waals surface area contributed by atoms with Crippen LogP contribution < -0.4 is 0 Å². The monoisotopic (exact) mass is 244 g/mol. The molecule has 1 atom stereocenters. The van der Waals surface area contributed by atoms with Crippen LogP contribution in [0.5, 0.6) is 0 Å². The Hall–Kier alpha value is -0.110. The Morgan fingerprint density at radius 1 is 1.77 bits per heavy atom. The molecule has 0 N–H and O–H groups in total. The summed E-state index contributed by atoms with van der Waals surface area (Å²) in [7, 11) is 4.46. The van der Waals surface area contributed by atoms with E-state index in [0.29, 0.717) is 5.04 Å². The number of carbonyl (C=O) groups excluding carboxylic acids is 1. The van der Waals surface area contributed by atoms with Gasteiger partial charge < -0.3 is 4.55 Å². The summed E-state index contributed by atoms with van der Waals surface area (Å²) in [5.41, 5.74) is 0. The summed E-state index contributed by atoms with van der Waals surface area (Å²) in [6.45, 7) is 1.68. The third-order valence-electron chi connectivity index (χ3n) is 1.02. The molecule has 5 nitrogen and oxygen atoms in total. The number of hydrogen-bond acceptors (Lipinski definition) is 5. The average molecular weight is 245 g/mol. The number of hydrogen-bond donors (Lipinski definition) is 0. The standard InChI is InChI=1S/C5H9ClN2O3S2/c1-4(12-3)7-11-5(9)8(2)13(6)10/h1-3H3. The Morgan fingerprint density at radius 2 is 2.31 bits per heavy atom. The highest BCUT2D eigenvalue weighted by Gasteiger charge is 2.21. The first-order chi connectivity index (χ1) is 5.99. The van der Waals surface area contributed by atoms with Crippen molar-refractivity contribution in [2.24, 2.45) is 5.16 Å². The molecule has 0 saturated heterocycles. The molecule has 76 valence electrons. The molecule has 0 aliphatic rings. The van der Waals surface area contributed by atoms with E-state index in [9.17, 15) is 9.35 Å². The molecule has 0 fully saturated rings. The fraction of sp³-hybridized carbons (Fsp3) is 0.600. The second-order valence-corrected chi connectivity index (χ2v) is 4.63. The van der Waals surface area contributed by atoms with Crippen LogP contribution in [0.25, 0.3) is 0 Å². The molecule has 0 aromatic carbocycles. The zero-order valence-electron chi connectivity index (χ0n) is 7.31. The van der Waals surface area contributed by atoms with Crippen LogP contribution in [0.1, 0.15) is 6.92 Å². The topological polar surface area (TPSA) is 65.0 Å². The predicted molar refractivity (Wildman–Crippen MR) is 54.9 cm³/mol. The van der Waals surface area contributed by atoms with E-state index < -0.39 is 16.7 Å². The molecule has 0 saturated carbocycles. The van der Waals surface area contributed by atoms with Crippen LogP contribution in [-0.4, -0.2) is 33.3 Å². The second-order valence-electron chi connectivity index (χ2n) is 1.88. The van der Waals surface area contributed by atoms with Crippen LogP contribution in [0.4, 0.5) is 4.79 Å². The van der Waals surface area contributed by atoms with Crippen molar-refractivity contribution in [3.8, 4) is 0 Å². The van der Waals surface area contributed by atoms with Crippen molar-refractivity contribution in [3.63, 3.8) is 0 Å². The van der Waals surface area contributed by atoms with Crippen molar-refractivity contribution in [1.82, 2.24) is 4.31 Å². The number of thioether (sulfide) groups is 1. The van der Waals surface area contributed by atoms with Gasteiger partial charge in [0, 0.05) is 0 Å². The normalized spacial score (nSPS) is 13.8. The first-order valence-corrected chi connectivity index (χ1v) is 6.26. The molecule has 0 rings (SSSR count). The van der Waals surface area contributed by atoms with E-state index >= 15 is 0 Å². The zero-order valence-corrected chi connectivity index (χ0v) is 9.70. The Labute approximate surface area is 88.2 Å². The average Bonchev–Trinajstić information content (AvgIpc) is 2.11. The van der Waals surface area contributed by atoms with E-state index in [0.717, 1.165) is 4.31 Å². The molecule has 1 unspecified atom stereocenters. The zero-order chi connectivity index (χ0) is 10.4. The van der Waals surface area contributed by atoms with Crippen LogP contribution in [0, 0.1) is 0 Å². The van der Waals surface area contributed by atoms with Gasteiger partial charge in [-0.3, -0.25) is 4.84 Å². The van der Waals surface area contributed by atoms with Crippen molar-refractivity contribution >= 4 is 44.2 Å².